The molecule has 2 aliphatic rings. The molecule has 2 heterocycles. The Hall–Kier alpha value is -5.76. The number of benzene rings is 6. The predicted molar refractivity (Wildman–Crippen MR) is 240 cm³/mol. The quantitative estimate of drug-likeness (QED) is 0.0579. The van der Waals surface area contributed by atoms with E-state index in [1.54, 1.807) is 7.11 Å². The van der Waals surface area contributed by atoms with E-state index in [4.69, 9.17) is 4.74 Å². The van der Waals surface area contributed by atoms with Crippen molar-refractivity contribution in [1.82, 2.24) is 0 Å². The average molecular weight is 788 g/mol. The summed E-state index contributed by atoms with van der Waals surface area (Å²) in [6.07, 6.45) is 10.3. The zero-order valence-corrected chi connectivity index (χ0v) is 34.8. The van der Waals surface area contributed by atoms with Gasteiger partial charge in [-0.15, -0.1) is 0 Å². The van der Waals surface area contributed by atoms with Gasteiger partial charge >= 0.3 is 0 Å². The maximum Gasteiger partial charge on any atom is 0.271 e. The van der Waals surface area contributed by atoms with Crippen molar-refractivity contribution in [3.05, 3.63) is 185 Å². The summed E-state index contributed by atoms with van der Waals surface area (Å²) in [7, 11) is -2.54. The lowest BCUT2D eigenvalue weighted by molar-refractivity contribution is -0.430. The summed E-state index contributed by atoms with van der Waals surface area (Å²) in [5.74, 6) is 0.447. The Morgan fingerprint density at radius 1 is 0.776 bits per heavy atom. The molecule has 0 amide bonds. The first-order valence-electron chi connectivity index (χ1n) is 20.1. The zero-order chi connectivity index (χ0) is 40.7. The topological polar surface area (TPSA) is 69.9 Å². The monoisotopic (exact) mass is 787 g/mol. The molecule has 0 saturated carbocycles. The highest BCUT2D eigenvalue weighted by atomic mass is 32.2. The molecule has 0 bridgehead atoms. The molecule has 0 fully saturated rings. The average Bonchev–Trinajstić information content (AvgIpc) is 3.61. The molecule has 0 aromatic heterocycles. The highest BCUT2D eigenvalue weighted by Crippen LogP contribution is 2.52. The fourth-order valence-electron chi connectivity index (χ4n) is 9.57. The Balaban J connectivity index is 1.29. The van der Waals surface area contributed by atoms with Gasteiger partial charge in [-0.1, -0.05) is 121 Å². The number of fused-ring (bicyclic) bond motifs is 7. The van der Waals surface area contributed by atoms with Gasteiger partial charge in [0.1, 0.15) is 11.5 Å². The summed E-state index contributed by atoms with van der Waals surface area (Å²) in [4.78, 5) is 2.41. The summed E-state index contributed by atoms with van der Waals surface area (Å²) in [5, 5.41) is 4.47. The Kier molecular flexibility index (Phi) is 10.5. The number of methoxy groups -OCH3 is 1. The number of ether oxygens (including phenoxy) is 1. The summed E-state index contributed by atoms with van der Waals surface area (Å²) in [5.41, 5.74) is 9.45. The van der Waals surface area contributed by atoms with Crippen LogP contribution in [0.5, 0.6) is 5.75 Å². The van der Waals surface area contributed by atoms with E-state index in [0.717, 1.165) is 57.2 Å². The molecule has 0 aliphatic carbocycles. The fourth-order valence-corrected chi connectivity index (χ4v) is 9.98. The van der Waals surface area contributed by atoms with Crippen molar-refractivity contribution >= 4 is 48.7 Å². The number of anilines is 1. The molecule has 2 atom stereocenters. The molecule has 6 aromatic rings. The molecule has 7 heteroatoms. The van der Waals surface area contributed by atoms with Crippen LogP contribution in [-0.2, 0) is 33.8 Å². The molecule has 0 saturated heterocycles. The van der Waals surface area contributed by atoms with Crippen molar-refractivity contribution in [3.63, 3.8) is 0 Å². The molecule has 1 N–H and O–H groups in total. The third-order valence-electron chi connectivity index (χ3n) is 12.2. The van der Waals surface area contributed by atoms with Crippen molar-refractivity contribution in [3.8, 4) is 5.75 Å². The molecule has 0 spiro atoms. The highest BCUT2D eigenvalue weighted by Gasteiger charge is 2.50. The first-order valence-corrected chi connectivity index (χ1v) is 21.7. The third-order valence-corrected chi connectivity index (χ3v) is 12.9. The van der Waals surface area contributed by atoms with Crippen LogP contribution >= 0.6 is 0 Å². The smallest absolute Gasteiger partial charge is 0.271 e. The van der Waals surface area contributed by atoms with E-state index in [2.05, 4.69) is 171 Å². The summed E-state index contributed by atoms with van der Waals surface area (Å²) in [6.45, 7) is 9.86. The van der Waals surface area contributed by atoms with Crippen LogP contribution in [0.25, 0.3) is 21.5 Å². The van der Waals surface area contributed by atoms with Crippen molar-refractivity contribution < 1.29 is 22.3 Å². The first kappa shape index (κ1) is 39.1. The van der Waals surface area contributed by atoms with E-state index < -0.39 is 21.3 Å². The molecule has 8 rings (SSSR count). The van der Waals surface area contributed by atoms with Crippen LogP contribution in [0.1, 0.15) is 49.9 Å². The normalized spacial score (nSPS) is 20.1. The number of rotatable bonds is 12. The van der Waals surface area contributed by atoms with Crippen LogP contribution in [0.4, 0.5) is 11.4 Å². The van der Waals surface area contributed by atoms with Gasteiger partial charge in [0.2, 0.25) is 5.69 Å². The Morgan fingerprint density at radius 2 is 1.34 bits per heavy atom. The molecule has 6 nitrogen and oxygen atoms in total. The predicted octanol–water partition coefficient (Wildman–Crippen LogP) is 10.9. The summed E-state index contributed by atoms with van der Waals surface area (Å²) < 4.78 is 42.8. The van der Waals surface area contributed by atoms with Gasteiger partial charge in [-0.25, -0.2) is 0 Å². The Labute approximate surface area is 342 Å². The van der Waals surface area contributed by atoms with Crippen LogP contribution < -0.4 is 9.64 Å². The summed E-state index contributed by atoms with van der Waals surface area (Å²) in [6, 6.07) is 44.5. The van der Waals surface area contributed by atoms with Crippen LogP contribution in [0, 0.1) is 0 Å². The van der Waals surface area contributed by atoms with E-state index in [-0.39, 0.29) is 12.0 Å². The van der Waals surface area contributed by atoms with Gasteiger partial charge in [0.15, 0.2) is 12.3 Å². The van der Waals surface area contributed by atoms with Gasteiger partial charge in [-0.2, -0.15) is 13.0 Å². The second kappa shape index (κ2) is 15.5. The number of hydrogen-bond donors (Lipinski definition) is 1. The van der Waals surface area contributed by atoms with Crippen LogP contribution in [0.15, 0.2) is 163 Å². The second-order valence-corrected chi connectivity index (χ2v) is 17.6. The van der Waals surface area contributed by atoms with E-state index >= 15 is 0 Å². The molecule has 0 radical (unpaired) electrons. The Morgan fingerprint density at radius 3 is 1.95 bits per heavy atom. The van der Waals surface area contributed by atoms with E-state index in [1.807, 2.05) is 18.2 Å². The minimum atomic E-state index is -4.26. The van der Waals surface area contributed by atoms with Gasteiger partial charge in [0, 0.05) is 35.0 Å². The fraction of sp³-hybridized carbons (Fsp3) is 0.235. The zero-order valence-electron chi connectivity index (χ0n) is 33.9. The molecule has 6 aromatic carbocycles. The van der Waals surface area contributed by atoms with Gasteiger partial charge in [-0.3, -0.25) is 4.55 Å². The minimum Gasteiger partial charge on any atom is -0.497 e. The molecule has 294 valence electrons. The van der Waals surface area contributed by atoms with Crippen LogP contribution in [0.2, 0.25) is 0 Å². The van der Waals surface area contributed by atoms with Gasteiger partial charge in [0.25, 0.3) is 10.1 Å². The number of likely N-dealkylation sites (N-methyl/N-ethyl adjacent to an activating group) is 1. The number of allylic oxidation sites excluding steroid dienone is 6. The van der Waals surface area contributed by atoms with Gasteiger partial charge in [0.05, 0.1) is 17.9 Å². The molecule has 2 aliphatic heterocycles. The maximum atomic E-state index is 12.4. The van der Waals surface area contributed by atoms with E-state index in [9.17, 15) is 13.0 Å². The second-order valence-electron chi connectivity index (χ2n) is 16.0. The number of nitrogens with zero attached hydrogens (tertiary/aromatic N) is 2. The Bertz CT molecular complexity index is 2770. The SMILES string of the molecule is CCN1\C(=C/C=C(C)/C=C/C2=[N+](CCS(=O)(=O)O)c3c(c4ccccc4c4ccccc34)C2(C)Cc2ccccc2)C(C)(Cc2ccccc2)c2cc(OC)ccc21. The first-order chi connectivity index (χ1) is 27.9. The molecule has 58 heavy (non-hydrogen) atoms. The largest absolute Gasteiger partial charge is 0.497 e. The summed E-state index contributed by atoms with van der Waals surface area (Å²) >= 11 is 0. The van der Waals surface area contributed by atoms with Crippen molar-refractivity contribution in [1.29, 1.82) is 0 Å². The maximum absolute atomic E-state index is 12.4. The van der Waals surface area contributed by atoms with Gasteiger partial charge < -0.3 is 9.64 Å². The standard InChI is InChI=1S/C51H50N2O4S/c1-6-52-45-28-27-39(57-5)33-44(45)50(3,34-37-17-9-7-10-18-37)46(52)29-25-36(2)26-30-47-51(4,35-38-19-11-8-12-20-38)48-42-23-15-13-21-40(42)41-22-14-16-24-43(41)49(48)53(47)31-32-58(54,55)56/h7-30,33H,6,31-32,34-35H2,1-5H3/p+1. The van der Waals surface area contributed by atoms with Crippen LogP contribution in [-0.4, -0.2) is 49.2 Å². The minimum absolute atomic E-state index is 0.107. The van der Waals surface area contributed by atoms with E-state index in [1.165, 1.54) is 33.6 Å². The molecular weight excluding hydrogens is 737 g/mol. The van der Waals surface area contributed by atoms with E-state index in [0.29, 0.717) is 6.42 Å². The van der Waals surface area contributed by atoms with Crippen molar-refractivity contribution in [2.24, 2.45) is 0 Å². The third kappa shape index (κ3) is 7.07. The molecular formula is C51H51N2O4S+. The molecule has 2 unspecified atom stereocenters. The van der Waals surface area contributed by atoms with Crippen molar-refractivity contribution in [2.75, 3.05) is 30.9 Å². The number of hydrogen-bond acceptors (Lipinski definition) is 4. The lowest BCUT2D eigenvalue weighted by atomic mass is 9.72. The lowest BCUT2D eigenvalue weighted by Gasteiger charge is -2.30. The van der Waals surface area contributed by atoms with Gasteiger partial charge in [-0.05, 0) is 104 Å². The van der Waals surface area contributed by atoms with Crippen molar-refractivity contribution in [2.45, 2.75) is 51.4 Å². The van der Waals surface area contributed by atoms with Crippen LogP contribution in [0.3, 0.4) is 0 Å². The lowest BCUT2D eigenvalue weighted by Crippen LogP contribution is -2.34. The highest BCUT2D eigenvalue weighted by molar-refractivity contribution is 7.85.